The van der Waals surface area contributed by atoms with Crippen LogP contribution in [0.15, 0.2) is 24.3 Å². The Morgan fingerprint density at radius 1 is 1.41 bits per heavy atom. The number of aliphatic hydroxyl groups is 1. The van der Waals surface area contributed by atoms with E-state index < -0.39 is 4.92 Å². The van der Waals surface area contributed by atoms with Gasteiger partial charge in [0.1, 0.15) is 0 Å². The molecular formula is C12H18N2O3. The van der Waals surface area contributed by atoms with E-state index in [0.29, 0.717) is 0 Å². The molecule has 0 heterocycles. The highest BCUT2D eigenvalue weighted by Crippen LogP contribution is 2.11. The third kappa shape index (κ3) is 4.93. The zero-order valence-electron chi connectivity index (χ0n) is 9.93. The lowest BCUT2D eigenvalue weighted by molar-refractivity contribution is -0.384. The van der Waals surface area contributed by atoms with Gasteiger partial charge < -0.3 is 10.4 Å². The molecule has 1 unspecified atom stereocenters. The van der Waals surface area contributed by atoms with Crippen molar-refractivity contribution < 1.29 is 10.0 Å². The van der Waals surface area contributed by atoms with E-state index in [1.807, 2.05) is 6.92 Å². The Kier molecular flexibility index (Phi) is 5.59. The van der Waals surface area contributed by atoms with E-state index in [0.717, 1.165) is 24.9 Å². The van der Waals surface area contributed by atoms with Crippen LogP contribution in [0.5, 0.6) is 0 Å². The normalized spacial score (nSPS) is 12.4. The predicted molar refractivity (Wildman–Crippen MR) is 66.0 cm³/mol. The number of non-ortho nitro benzene ring substituents is 1. The summed E-state index contributed by atoms with van der Waals surface area (Å²) in [7, 11) is 0. The van der Waals surface area contributed by atoms with Gasteiger partial charge >= 0.3 is 0 Å². The standard InChI is InChI=1S/C12H18N2O3/c1-10(7-9-15)13-8-6-11-2-4-12(5-3-11)14(16)17/h2-5,10,13,15H,6-9H2,1H3. The molecule has 0 bridgehead atoms. The summed E-state index contributed by atoms with van der Waals surface area (Å²) >= 11 is 0. The van der Waals surface area contributed by atoms with Gasteiger partial charge in [-0.05, 0) is 31.9 Å². The fourth-order valence-corrected chi connectivity index (χ4v) is 1.54. The molecule has 0 saturated heterocycles. The number of hydrogen-bond acceptors (Lipinski definition) is 4. The van der Waals surface area contributed by atoms with Crippen LogP contribution in [0.4, 0.5) is 5.69 Å². The lowest BCUT2D eigenvalue weighted by atomic mass is 10.1. The zero-order chi connectivity index (χ0) is 12.7. The molecule has 5 nitrogen and oxygen atoms in total. The number of aliphatic hydroxyl groups excluding tert-OH is 1. The minimum atomic E-state index is -0.397. The Labute approximate surface area is 101 Å². The number of nitro benzene ring substituents is 1. The molecule has 5 heteroatoms. The monoisotopic (exact) mass is 238 g/mol. The molecule has 0 amide bonds. The molecule has 1 rings (SSSR count). The van der Waals surface area contributed by atoms with Gasteiger partial charge in [-0.15, -0.1) is 0 Å². The van der Waals surface area contributed by atoms with Crippen LogP contribution in [0, 0.1) is 10.1 Å². The van der Waals surface area contributed by atoms with Crippen molar-refractivity contribution in [2.24, 2.45) is 0 Å². The van der Waals surface area contributed by atoms with E-state index in [1.165, 1.54) is 12.1 Å². The van der Waals surface area contributed by atoms with Crippen LogP contribution in [0.3, 0.4) is 0 Å². The molecule has 0 aromatic heterocycles. The summed E-state index contributed by atoms with van der Waals surface area (Å²) < 4.78 is 0. The van der Waals surface area contributed by atoms with Gasteiger partial charge in [-0.3, -0.25) is 10.1 Å². The van der Waals surface area contributed by atoms with E-state index in [-0.39, 0.29) is 18.3 Å². The maximum absolute atomic E-state index is 10.5. The molecule has 1 aromatic carbocycles. The van der Waals surface area contributed by atoms with Gasteiger partial charge in [0.2, 0.25) is 0 Å². The van der Waals surface area contributed by atoms with Crippen LogP contribution >= 0.6 is 0 Å². The molecule has 1 aromatic rings. The lowest BCUT2D eigenvalue weighted by Crippen LogP contribution is -2.28. The summed E-state index contributed by atoms with van der Waals surface area (Å²) in [6.45, 7) is 3.01. The molecule has 0 aliphatic rings. The third-order valence-electron chi connectivity index (χ3n) is 2.62. The smallest absolute Gasteiger partial charge is 0.269 e. The van der Waals surface area contributed by atoms with E-state index >= 15 is 0 Å². The summed E-state index contributed by atoms with van der Waals surface area (Å²) in [5.74, 6) is 0. The van der Waals surface area contributed by atoms with Gasteiger partial charge in [0.15, 0.2) is 0 Å². The van der Waals surface area contributed by atoms with Crippen molar-refractivity contribution in [3.8, 4) is 0 Å². The van der Waals surface area contributed by atoms with Crippen molar-refractivity contribution in [1.29, 1.82) is 0 Å². The fourth-order valence-electron chi connectivity index (χ4n) is 1.54. The second-order valence-electron chi connectivity index (χ2n) is 4.04. The minimum Gasteiger partial charge on any atom is -0.396 e. The lowest BCUT2D eigenvalue weighted by Gasteiger charge is -2.11. The highest BCUT2D eigenvalue weighted by molar-refractivity contribution is 5.32. The molecule has 0 aliphatic heterocycles. The molecule has 2 N–H and O–H groups in total. The Hall–Kier alpha value is -1.46. The van der Waals surface area contributed by atoms with Crippen molar-refractivity contribution >= 4 is 5.69 Å². The second-order valence-corrected chi connectivity index (χ2v) is 4.04. The molecule has 94 valence electrons. The number of benzene rings is 1. The molecule has 0 radical (unpaired) electrons. The number of nitro groups is 1. The number of rotatable bonds is 7. The van der Waals surface area contributed by atoms with Crippen LogP contribution in [0.1, 0.15) is 18.9 Å². The first-order valence-corrected chi connectivity index (χ1v) is 5.71. The Bertz CT molecular complexity index is 351. The van der Waals surface area contributed by atoms with Crippen LogP contribution in [0.2, 0.25) is 0 Å². The average Bonchev–Trinajstić information content (AvgIpc) is 2.30. The topological polar surface area (TPSA) is 75.4 Å². The summed E-state index contributed by atoms with van der Waals surface area (Å²) in [5.41, 5.74) is 1.19. The van der Waals surface area contributed by atoms with Crippen molar-refractivity contribution in [3.63, 3.8) is 0 Å². The molecular weight excluding hydrogens is 220 g/mol. The first kappa shape index (κ1) is 13.6. The molecule has 0 spiro atoms. The van der Waals surface area contributed by atoms with Crippen molar-refractivity contribution in [3.05, 3.63) is 39.9 Å². The van der Waals surface area contributed by atoms with E-state index in [2.05, 4.69) is 5.32 Å². The van der Waals surface area contributed by atoms with Crippen molar-refractivity contribution in [1.82, 2.24) is 5.32 Å². The fraction of sp³-hybridized carbons (Fsp3) is 0.500. The zero-order valence-corrected chi connectivity index (χ0v) is 9.93. The van der Waals surface area contributed by atoms with Gasteiger partial charge in [-0.1, -0.05) is 12.1 Å². The van der Waals surface area contributed by atoms with Gasteiger partial charge in [0, 0.05) is 24.8 Å². The largest absolute Gasteiger partial charge is 0.396 e. The number of nitrogens with zero attached hydrogens (tertiary/aromatic N) is 1. The molecule has 0 saturated carbocycles. The third-order valence-corrected chi connectivity index (χ3v) is 2.62. The maximum atomic E-state index is 10.5. The first-order valence-electron chi connectivity index (χ1n) is 5.71. The first-order chi connectivity index (χ1) is 8.13. The molecule has 17 heavy (non-hydrogen) atoms. The quantitative estimate of drug-likeness (QED) is 0.557. The highest BCUT2D eigenvalue weighted by Gasteiger charge is 2.04. The van der Waals surface area contributed by atoms with Crippen LogP contribution in [-0.4, -0.2) is 29.2 Å². The van der Waals surface area contributed by atoms with Gasteiger partial charge in [-0.2, -0.15) is 0 Å². The number of nitrogens with one attached hydrogen (secondary N) is 1. The predicted octanol–water partition coefficient (Wildman–Crippen LogP) is 1.50. The van der Waals surface area contributed by atoms with E-state index in [1.54, 1.807) is 12.1 Å². The van der Waals surface area contributed by atoms with Gasteiger partial charge in [-0.25, -0.2) is 0 Å². The van der Waals surface area contributed by atoms with Crippen molar-refractivity contribution in [2.75, 3.05) is 13.2 Å². The number of hydrogen-bond donors (Lipinski definition) is 2. The highest BCUT2D eigenvalue weighted by atomic mass is 16.6. The minimum absolute atomic E-state index is 0.121. The van der Waals surface area contributed by atoms with Crippen molar-refractivity contribution in [2.45, 2.75) is 25.8 Å². The van der Waals surface area contributed by atoms with E-state index in [9.17, 15) is 10.1 Å². The summed E-state index contributed by atoms with van der Waals surface area (Å²) in [5, 5.41) is 22.5. The summed E-state index contributed by atoms with van der Waals surface area (Å²) in [6.07, 6.45) is 1.56. The Balaban J connectivity index is 2.34. The van der Waals surface area contributed by atoms with Crippen LogP contribution < -0.4 is 5.32 Å². The molecule has 0 aliphatic carbocycles. The summed E-state index contributed by atoms with van der Waals surface area (Å²) in [4.78, 5) is 10.1. The average molecular weight is 238 g/mol. The SMILES string of the molecule is CC(CCO)NCCc1ccc([N+](=O)[O-])cc1. The maximum Gasteiger partial charge on any atom is 0.269 e. The molecule has 0 fully saturated rings. The van der Waals surface area contributed by atoms with Gasteiger partial charge in [0.05, 0.1) is 4.92 Å². The van der Waals surface area contributed by atoms with E-state index in [4.69, 9.17) is 5.11 Å². The Morgan fingerprint density at radius 2 is 2.06 bits per heavy atom. The Morgan fingerprint density at radius 3 is 2.59 bits per heavy atom. The summed E-state index contributed by atoms with van der Waals surface area (Å²) in [6, 6.07) is 6.88. The van der Waals surface area contributed by atoms with Gasteiger partial charge in [0.25, 0.3) is 5.69 Å². The van der Waals surface area contributed by atoms with Crippen LogP contribution in [-0.2, 0) is 6.42 Å². The molecule has 1 atom stereocenters. The second kappa shape index (κ2) is 6.98. The van der Waals surface area contributed by atoms with Crippen LogP contribution in [0.25, 0.3) is 0 Å².